The average Bonchev–Trinajstić information content (AvgIpc) is 2.38. The van der Waals surface area contributed by atoms with Gasteiger partial charge in [-0.1, -0.05) is 11.6 Å². The van der Waals surface area contributed by atoms with Crippen molar-refractivity contribution in [2.75, 3.05) is 17.2 Å². The summed E-state index contributed by atoms with van der Waals surface area (Å²) in [7, 11) is 0. The molecule has 0 saturated carbocycles. The fourth-order valence-electron chi connectivity index (χ4n) is 1.78. The summed E-state index contributed by atoms with van der Waals surface area (Å²) in [4.78, 5) is 4.09. The number of rotatable bonds is 4. The molecule has 2 aromatic rings. The van der Waals surface area contributed by atoms with Gasteiger partial charge in [-0.3, -0.25) is 0 Å². The molecule has 1 heterocycles. The van der Waals surface area contributed by atoms with Crippen LogP contribution in [0, 0.1) is 0 Å². The van der Waals surface area contributed by atoms with E-state index in [0.29, 0.717) is 18.1 Å². The fraction of sp³-hybridized carbons (Fsp3) is 0.214. The SMILES string of the molecule is CCNc1cc(Nc2cc(Cl)cc(C(F)(F)F)c2)ccn1. The van der Waals surface area contributed by atoms with Gasteiger partial charge in [0, 0.05) is 35.2 Å². The van der Waals surface area contributed by atoms with Gasteiger partial charge < -0.3 is 10.6 Å². The molecule has 0 fully saturated rings. The Balaban J connectivity index is 2.27. The van der Waals surface area contributed by atoms with Gasteiger partial charge >= 0.3 is 6.18 Å². The maximum atomic E-state index is 12.7. The molecule has 0 unspecified atom stereocenters. The molecule has 3 nitrogen and oxygen atoms in total. The molecule has 7 heteroatoms. The van der Waals surface area contributed by atoms with Crippen molar-refractivity contribution >= 4 is 28.8 Å². The van der Waals surface area contributed by atoms with Crippen LogP contribution in [0.15, 0.2) is 36.5 Å². The van der Waals surface area contributed by atoms with Crippen molar-refractivity contribution in [2.24, 2.45) is 0 Å². The number of pyridine rings is 1. The zero-order valence-corrected chi connectivity index (χ0v) is 11.9. The van der Waals surface area contributed by atoms with Crippen molar-refractivity contribution in [3.8, 4) is 0 Å². The molecular weight excluding hydrogens is 303 g/mol. The van der Waals surface area contributed by atoms with E-state index in [9.17, 15) is 13.2 Å². The van der Waals surface area contributed by atoms with Crippen LogP contribution in [0.4, 0.5) is 30.4 Å². The Hall–Kier alpha value is -1.95. The first kappa shape index (κ1) is 15.4. The van der Waals surface area contributed by atoms with Crippen molar-refractivity contribution in [1.29, 1.82) is 0 Å². The normalized spacial score (nSPS) is 11.3. The van der Waals surface area contributed by atoms with Gasteiger partial charge in [0.25, 0.3) is 0 Å². The highest BCUT2D eigenvalue weighted by Crippen LogP contribution is 2.34. The third kappa shape index (κ3) is 4.26. The number of aromatic nitrogens is 1. The lowest BCUT2D eigenvalue weighted by Crippen LogP contribution is -2.05. The maximum absolute atomic E-state index is 12.7. The van der Waals surface area contributed by atoms with Gasteiger partial charge in [0.05, 0.1) is 5.56 Å². The summed E-state index contributed by atoms with van der Waals surface area (Å²) in [6.07, 6.45) is -2.87. The van der Waals surface area contributed by atoms with Crippen LogP contribution >= 0.6 is 11.6 Å². The predicted octanol–water partition coefficient (Wildman–Crippen LogP) is 4.93. The Bertz CT molecular complexity index is 629. The van der Waals surface area contributed by atoms with E-state index in [1.165, 1.54) is 6.07 Å². The number of hydrogen-bond donors (Lipinski definition) is 2. The lowest BCUT2D eigenvalue weighted by molar-refractivity contribution is -0.137. The van der Waals surface area contributed by atoms with E-state index in [0.717, 1.165) is 12.1 Å². The van der Waals surface area contributed by atoms with E-state index in [1.807, 2.05) is 6.92 Å². The number of nitrogens with zero attached hydrogens (tertiary/aromatic N) is 1. The summed E-state index contributed by atoms with van der Waals surface area (Å²) >= 11 is 5.74. The van der Waals surface area contributed by atoms with Crippen LogP contribution < -0.4 is 10.6 Å². The minimum Gasteiger partial charge on any atom is -0.370 e. The molecular formula is C14H13ClF3N3. The summed E-state index contributed by atoms with van der Waals surface area (Å²) in [5, 5.41) is 5.94. The van der Waals surface area contributed by atoms with Crippen molar-refractivity contribution in [1.82, 2.24) is 4.98 Å². The van der Waals surface area contributed by atoms with Crippen molar-refractivity contribution < 1.29 is 13.2 Å². The number of alkyl halides is 3. The van der Waals surface area contributed by atoms with Crippen molar-refractivity contribution in [3.05, 3.63) is 47.1 Å². The minimum atomic E-state index is -4.44. The molecule has 0 bridgehead atoms. The quantitative estimate of drug-likeness (QED) is 0.840. The molecule has 112 valence electrons. The van der Waals surface area contributed by atoms with Gasteiger partial charge in [0.2, 0.25) is 0 Å². The van der Waals surface area contributed by atoms with Gasteiger partial charge in [-0.2, -0.15) is 13.2 Å². The third-order valence-electron chi connectivity index (χ3n) is 2.63. The number of halogens is 4. The zero-order chi connectivity index (χ0) is 15.5. The van der Waals surface area contributed by atoms with Crippen LogP contribution in [-0.4, -0.2) is 11.5 Å². The second kappa shape index (κ2) is 6.22. The summed E-state index contributed by atoms with van der Waals surface area (Å²) < 4.78 is 38.2. The number of nitrogens with one attached hydrogen (secondary N) is 2. The molecule has 0 radical (unpaired) electrons. The van der Waals surface area contributed by atoms with Gasteiger partial charge in [-0.05, 0) is 31.2 Å². The smallest absolute Gasteiger partial charge is 0.370 e. The highest BCUT2D eigenvalue weighted by atomic mass is 35.5. The van der Waals surface area contributed by atoms with E-state index < -0.39 is 11.7 Å². The Morgan fingerprint density at radius 2 is 1.90 bits per heavy atom. The lowest BCUT2D eigenvalue weighted by atomic mass is 10.2. The molecule has 21 heavy (non-hydrogen) atoms. The third-order valence-corrected chi connectivity index (χ3v) is 2.85. The second-order valence-electron chi connectivity index (χ2n) is 4.31. The monoisotopic (exact) mass is 315 g/mol. The summed E-state index contributed by atoms with van der Waals surface area (Å²) in [6.45, 7) is 2.63. The predicted molar refractivity (Wildman–Crippen MR) is 78.1 cm³/mol. The van der Waals surface area contributed by atoms with Crippen LogP contribution in [0.2, 0.25) is 5.02 Å². The van der Waals surface area contributed by atoms with Gasteiger partial charge in [-0.15, -0.1) is 0 Å². The van der Waals surface area contributed by atoms with Crippen molar-refractivity contribution in [3.63, 3.8) is 0 Å². The molecule has 2 N–H and O–H groups in total. The average molecular weight is 316 g/mol. The molecule has 1 aromatic heterocycles. The van der Waals surface area contributed by atoms with E-state index >= 15 is 0 Å². The Morgan fingerprint density at radius 3 is 2.57 bits per heavy atom. The van der Waals surface area contributed by atoms with Crippen LogP contribution in [0.1, 0.15) is 12.5 Å². The van der Waals surface area contributed by atoms with Gasteiger partial charge in [0.1, 0.15) is 5.82 Å². The van der Waals surface area contributed by atoms with Crippen LogP contribution in [0.3, 0.4) is 0 Å². The van der Waals surface area contributed by atoms with E-state index in [4.69, 9.17) is 11.6 Å². The first-order chi connectivity index (χ1) is 9.88. The zero-order valence-electron chi connectivity index (χ0n) is 11.1. The van der Waals surface area contributed by atoms with Crippen LogP contribution in [-0.2, 0) is 6.18 Å². The molecule has 0 amide bonds. The highest BCUT2D eigenvalue weighted by molar-refractivity contribution is 6.31. The van der Waals surface area contributed by atoms with Gasteiger partial charge in [0.15, 0.2) is 0 Å². The molecule has 0 aliphatic carbocycles. The Morgan fingerprint density at radius 1 is 1.14 bits per heavy atom. The van der Waals surface area contributed by atoms with E-state index in [-0.39, 0.29) is 10.7 Å². The number of hydrogen-bond acceptors (Lipinski definition) is 3. The summed E-state index contributed by atoms with van der Waals surface area (Å²) in [6, 6.07) is 6.71. The topological polar surface area (TPSA) is 37.0 Å². The largest absolute Gasteiger partial charge is 0.416 e. The Labute approximate surface area is 125 Å². The maximum Gasteiger partial charge on any atom is 0.416 e. The fourth-order valence-corrected chi connectivity index (χ4v) is 2.01. The Kier molecular flexibility index (Phi) is 4.57. The first-order valence-corrected chi connectivity index (χ1v) is 6.61. The van der Waals surface area contributed by atoms with Crippen molar-refractivity contribution in [2.45, 2.75) is 13.1 Å². The molecule has 2 rings (SSSR count). The van der Waals surface area contributed by atoms with E-state index in [1.54, 1.807) is 18.3 Å². The lowest BCUT2D eigenvalue weighted by Gasteiger charge is -2.12. The molecule has 0 atom stereocenters. The standard InChI is InChI=1S/C14H13ClF3N3/c1-2-19-13-8-11(3-4-20-13)21-12-6-9(14(16,17)18)5-10(15)7-12/h3-8H,2H2,1H3,(H2,19,20,21). The van der Waals surface area contributed by atoms with E-state index in [2.05, 4.69) is 15.6 Å². The number of benzene rings is 1. The van der Waals surface area contributed by atoms with Crippen LogP contribution in [0.25, 0.3) is 0 Å². The molecule has 1 aromatic carbocycles. The number of anilines is 3. The molecule has 0 aliphatic rings. The second-order valence-corrected chi connectivity index (χ2v) is 4.75. The van der Waals surface area contributed by atoms with Crippen LogP contribution in [0.5, 0.6) is 0 Å². The van der Waals surface area contributed by atoms with Gasteiger partial charge in [-0.25, -0.2) is 4.98 Å². The molecule has 0 saturated heterocycles. The minimum absolute atomic E-state index is 0.0216. The first-order valence-electron chi connectivity index (χ1n) is 6.23. The summed E-state index contributed by atoms with van der Waals surface area (Å²) in [5.74, 6) is 0.639. The molecule has 0 spiro atoms. The summed E-state index contributed by atoms with van der Waals surface area (Å²) in [5.41, 5.74) is 0.0956. The molecule has 0 aliphatic heterocycles. The highest BCUT2D eigenvalue weighted by Gasteiger charge is 2.31.